The van der Waals surface area contributed by atoms with Crippen LogP contribution in [0.3, 0.4) is 0 Å². The monoisotopic (exact) mass is 828 g/mol. The molecule has 0 aliphatic carbocycles. The summed E-state index contributed by atoms with van der Waals surface area (Å²) >= 11 is 0. The number of aromatic hydroxyl groups is 1. The van der Waals surface area contributed by atoms with Gasteiger partial charge < -0.3 is 34.0 Å². The van der Waals surface area contributed by atoms with Crippen molar-refractivity contribution < 1.29 is 43.3 Å². The summed E-state index contributed by atoms with van der Waals surface area (Å²) in [5.41, 5.74) is 7.52. The molecule has 0 bridgehead atoms. The maximum Gasteiger partial charge on any atom is 0.255 e. The lowest BCUT2D eigenvalue weighted by molar-refractivity contribution is -0.137. The molecule has 61 heavy (non-hydrogen) atoms. The Hall–Kier alpha value is -6.31. The number of phenols is 1. The molecule has 2 saturated heterocycles. The van der Waals surface area contributed by atoms with Gasteiger partial charge in [-0.25, -0.2) is 0 Å². The second-order valence-electron chi connectivity index (χ2n) is 15.6. The van der Waals surface area contributed by atoms with Gasteiger partial charge in [0.1, 0.15) is 30.8 Å². The molecule has 4 aromatic carbocycles. The van der Waals surface area contributed by atoms with E-state index in [2.05, 4.69) is 24.4 Å². The Morgan fingerprint density at radius 2 is 1.61 bits per heavy atom. The molecule has 0 aromatic heterocycles. The van der Waals surface area contributed by atoms with Crippen LogP contribution >= 0.6 is 0 Å². The molecule has 5 amide bonds. The molecule has 0 spiro atoms. The number of amides is 5. The molecule has 13 nitrogen and oxygen atoms in total. The van der Waals surface area contributed by atoms with Crippen LogP contribution < -0.4 is 10.1 Å². The molecular weight excluding hydrogens is 777 g/mol. The van der Waals surface area contributed by atoms with Crippen LogP contribution in [0, 0.1) is 0 Å². The van der Waals surface area contributed by atoms with E-state index in [-0.39, 0.29) is 68.1 Å². The number of likely N-dealkylation sites (N-methyl/N-ethyl adjacent to an activating group) is 1. The standard InChI is InChI=1S/C48H52N4O9/c1-3-40(33-7-5-4-6-8-33)46(34-10-14-37(53)15-11-34)35-12-16-38(17-13-35)60-24-23-50(2)45(56)31-59-25-26-61-39-21-22-51(30-39)44(55)28-32-9-18-41-36(27-32)29-52(48(41)58)42-19-20-43(54)49-47(42)57/h4-18,27,39,42,53H,3,19-26,28-31H2,1-2H3,(H,49,54,57)/b46-40-/t39-,42?/m1/s1. The number of piperidine rings is 1. The summed E-state index contributed by atoms with van der Waals surface area (Å²) in [5.74, 6) is -0.333. The Morgan fingerprint density at radius 3 is 2.33 bits per heavy atom. The van der Waals surface area contributed by atoms with Gasteiger partial charge in [0.2, 0.25) is 23.6 Å². The predicted octanol–water partition coefficient (Wildman–Crippen LogP) is 5.24. The molecule has 3 heterocycles. The van der Waals surface area contributed by atoms with E-state index >= 15 is 0 Å². The number of hydrogen-bond donors (Lipinski definition) is 2. The Kier molecular flexibility index (Phi) is 13.9. The number of benzene rings is 4. The van der Waals surface area contributed by atoms with E-state index in [1.54, 1.807) is 41.1 Å². The van der Waals surface area contributed by atoms with Gasteiger partial charge in [0.25, 0.3) is 5.91 Å². The summed E-state index contributed by atoms with van der Waals surface area (Å²) < 4.78 is 17.6. The summed E-state index contributed by atoms with van der Waals surface area (Å²) in [7, 11) is 1.71. The van der Waals surface area contributed by atoms with E-state index in [1.165, 1.54) is 10.5 Å². The molecular formula is C48H52N4O9. The van der Waals surface area contributed by atoms with Gasteiger partial charge in [-0.3, -0.25) is 29.3 Å². The van der Waals surface area contributed by atoms with Crippen molar-refractivity contribution in [2.45, 2.75) is 57.7 Å². The van der Waals surface area contributed by atoms with Gasteiger partial charge in [0, 0.05) is 38.7 Å². The zero-order chi connectivity index (χ0) is 42.9. The van der Waals surface area contributed by atoms with Gasteiger partial charge in [0.05, 0.1) is 32.3 Å². The maximum absolute atomic E-state index is 13.2. The van der Waals surface area contributed by atoms with Crippen molar-refractivity contribution >= 4 is 40.7 Å². The number of imide groups is 1. The maximum atomic E-state index is 13.2. The van der Waals surface area contributed by atoms with E-state index in [0.717, 1.165) is 39.8 Å². The predicted molar refractivity (Wildman–Crippen MR) is 228 cm³/mol. The highest BCUT2D eigenvalue weighted by atomic mass is 16.5. The van der Waals surface area contributed by atoms with Crippen molar-refractivity contribution in [2.75, 3.05) is 53.1 Å². The molecule has 0 saturated carbocycles. The molecule has 2 atom stereocenters. The van der Waals surface area contributed by atoms with Crippen LogP contribution in [0.2, 0.25) is 0 Å². The summed E-state index contributed by atoms with van der Waals surface area (Å²) in [6.45, 7) is 4.55. The van der Waals surface area contributed by atoms with Crippen LogP contribution in [0.5, 0.6) is 11.5 Å². The average molecular weight is 829 g/mol. The van der Waals surface area contributed by atoms with Crippen molar-refractivity contribution in [3.8, 4) is 11.5 Å². The fourth-order valence-corrected chi connectivity index (χ4v) is 8.11. The number of phenolic OH excluding ortho intramolecular Hbond substituents is 1. The van der Waals surface area contributed by atoms with E-state index in [0.29, 0.717) is 57.0 Å². The summed E-state index contributed by atoms with van der Waals surface area (Å²) in [6, 6.07) is 30.1. The van der Waals surface area contributed by atoms with E-state index in [9.17, 15) is 29.1 Å². The Bertz CT molecular complexity index is 2260. The number of allylic oxidation sites excluding steroid dienone is 1. The highest BCUT2D eigenvalue weighted by Gasteiger charge is 2.39. The summed E-state index contributed by atoms with van der Waals surface area (Å²) in [5, 5.41) is 12.2. The SMILES string of the molecule is CC/C(=C(\c1ccc(O)cc1)c1ccc(OCCN(C)C(=O)COCCO[C@@H]2CCN(C(=O)Cc3ccc4c(c3)CN(C3CCC(=O)NC3=O)C4=O)C2)cc1)c1ccccc1. The normalized spacial score (nSPS) is 17.8. The lowest BCUT2D eigenvalue weighted by atomic mass is 9.88. The number of carbonyl (C=O) groups excluding carboxylic acids is 5. The minimum absolute atomic E-state index is 0.0374. The first kappa shape index (κ1) is 42.8. The number of ether oxygens (including phenoxy) is 3. The van der Waals surface area contributed by atoms with Gasteiger partial charge in [0.15, 0.2) is 0 Å². The van der Waals surface area contributed by atoms with Gasteiger partial charge in [-0.15, -0.1) is 0 Å². The first-order valence-electron chi connectivity index (χ1n) is 20.9. The number of likely N-dealkylation sites (tertiary alicyclic amines) is 1. The molecule has 1 unspecified atom stereocenters. The zero-order valence-corrected chi connectivity index (χ0v) is 34.6. The quantitative estimate of drug-likeness (QED) is 0.0827. The second-order valence-corrected chi connectivity index (χ2v) is 15.6. The van der Waals surface area contributed by atoms with Crippen LogP contribution in [0.25, 0.3) is 11.1 Å². The van der Waals surface area contributed by atoms with Crippen molar-refractivity contribution in [2.24, 2.45) is 0 Å². The van der Waals surface area contributed by atoms with E-state index in [1.807, 2.05) is 60.7 Å². The van der Waals surface area contributed by atoms with Gasteiger partial charge in [-0.2, -0.15) is 0 Å². The molecule has 3 aliphatic heterocycles. The fraction of sp³-hybridized carbons (Fsp3) is 0.354. The van der Waals surface area contributed by atoms with E-state index < -0.39 is 11.9 Å². The third-order valence-electron chi connectivity index (χ3n) is 11.4. The molecule has 7 rings (SSSR count). The molecule has 318 valence electrons. The lowest BCUT2D eigenvalue weighted by Crippen LogP contribution is -2.52. The van der Waals surface area contributed by atoms with Crippen molar-refractivity contribution in [1.29, 1.82) is 0 Å². The largest absolute Gasteiger partial charge is 0.508 e. The fourth-order valence-electron chi connectivity index (χ4n) is 8.11. The average Bonchev–Trinajstić information content (AvgIpc) is 3.87. The van der Waals surface area contributed by atoms with Crippen molar-refractivity contribution in [1.82, 2.24) is 20.0 Å². The minimum atomic E-state index is -0.684. The van der Waals surface area contributed by atoms with Crippen LogP contribution in [0.15, 0.2) is 97.1 Å². The highest BCUT2D eigenvalue weighted by molar-refractivity contribution is 6.05. The third-order valence-corrected chi connectivity index (χ3v) is 11.4. The Balaban J connectivity index is 0.798. The molecule has 2 N–H and O–H groups in total. The number of hydrogen-bond acceptors (Lipinski definition) is 9. The lowest BCUT2D eigenvalue weighted by Gasteiger charge is -2.29. The summed E-state index contributed by atoms with van der Waals surface area (Å²) in [6.07, 6.45) is 2.05. The first-order chi connectivity index (χ1) is 29.6. The van der Waals surface area contributed by atoms with Crippen molar-refractivity contribution in [3.63, 3.8) is 0 Å². The van der Waals surface area contributed by atoms with Gasteiger partial charge in [-0.1, -0.05) is 73.7 Å². The topological polar surface area (TPSA) is 155 Å². The number of carbonyl (C=O) groups is 5. The molecule has 4 aromatic rings. The van der Waals surface area contributed by atoms with Crippen LogP contribution in [-0.2, 0) is 41.6 Å². The zero-order valence-electron chi connectivity index (χ0n) is 34.6. The number of fused-ring (bicyclic) bond motifs is 1. The molecule has 3 aliphatic rings. The minimum Gasteiger partial charge on any atom is -0.508 e. The molecule has 0 radical (unpaired) electrons. The number of rotatable bonds is 17. The van der Waals surface area contributed by atoms with Crippen molar-refractivity contribution in [3.05, 3.63) is 130 Å². The highest BCUT2D eigenvalue weighted by Crippen LogP contribution is 2.36. The van der Waals surface area contributed by atoms with Crippen LogP contribution in [0.1, 0.15) is 70.8 Å². The first-order valence-corrected chi connectivity index (χ1v) is 20.9. The van der Waals surface area contributed by atoms with Gasteiger partial charge in [-0.05, 0) is 88.6 Å². The number of nitrogens with zero attached hydrogens (tertiary/aromatic N) is 3. The smallest absolute Gasteiger partial charge is 0.255 e. The van der Waals surface area contributed by atoms with Crippen LogP contribution in [0.4, 0.5) is 0 Å². The third kappa shape index (κ3) is 10.5. The molecule has 2 fully saturated rings. The van der Waals surface area contributed by atoms with Crippen LogP contribution in [-0.4, -0.2) is 115 Å². The van der Waals surface area contributed by atoms with E-state index in [4.69, 9.17) is 14.2 Å². The Labute approximate surface area is 355 Å². The van der Waals surface area contributed by atoms with Gasteiger partial charge >= 0.3 is 0 Å². The molecule has 13 heteroatoms. The second kappa shape index (κ2) is 19.8. The number of nitrogens with one attached hydrogen (secondary N) is 1. The Morgan fingerprint density at radius 1 is 0.869 bits per heavy atom. The summed E-state index contributed by atoms with van der Waals surface area (Å²) in [4.78, 5) is 67.7.